The van der Waals surface area contributed by atoms with E-state index in [9.17, 15) is 4.79 Å². The van der Waals surface area contributed by atoms with Gasteiger partial charge in [-0.2, -0.15) is 4.99 Å². The molecule has 0 aromatic carbocycles. The first kappa shape index (κ1) is 10.0. The fraction of sp³-hybridized carbons (Fsp3) is 0.455. The number of nitrogens with zero attached hydrogens (tertiary/aromatic N) is 2. The molecule has 78 valence electrons. The third-order valence-corrected chi connectivity index (χ3v) is 2.74. The van der Waals surface area contributed by atoms with Crippen molar-refractivity contribution in [2.75, 3.05) is 13.1 Å². The Kier molecular flexibility index (Phi) is 3.22. The molecule has 1 saturated heterocycles. The van der Waals surface area contributed by atoms with E-state index < -0.39 is 0 Å². The molecular formula is C11H13N3O. The summed E-state index contributed by atoms with van der Waals surface area (Å²) in [7, 11) is 0. The van der Waals surface area contributed by atoms with Gasteiger partial charge in [0.05, 0.1) is 11.9 Å². The van der Waals surface area contributed by atoms with Gasteiger partial charge in [0.15, 0.2) is 0 Å². The SMILES string of the molecule is O=C=Nc1cnccc1C1CCCNC1. The van der Waals surface area contributed by atoms with Gasteiger partial charge in [0.2, 0.25) is 6.08 Å². The van der Waals surface area contributed by atoms with E-state index in [0.717, 1.165) is 31.5 Å². The smallest absolute Gasteiger partial charge is 0.240 e. The summed E-state index contributed by atoms with van der Waals surface area (Å²) >= 11 is 0. The van der Waals surface area contributed by atoms with Crippen LogP contribution < -0.4 is 5.32 Å². The van der Waals surface area contributed by atoms with Gasteiger partial charge in [0.1, 0.15) is 0 Å². The van der Waals surface area contributed by atoms with Crippen LogP contribution in [0.5, 0.6) is 0 Å². The summed E-state index contributed by atoms with van der Waals surface area (Å²) in [5.74, 6) is 0.439. The summed E-state index contributed by atoms with van der Waals surface area (Å²) in [6.07, 6.45) is 7.24. The number of hydrogen-bond donors (Lipinski definition) is 1. The van der Waals surface area contributed by atoms with Crippen molar-refractivity contribution in [1.82, 2.24) is 10.3 Å². The van der Waals surface area contributed by atoms with Crippen LogP contribution in [0.15, 0.2) is 23.5 Å². The monoisotopic (exact) mass is 203 g/mol. The van der Waals surface area contributed by atoms with E-state index >= 15 is 0 Å². The lowest BCUT2D eigenvalue weighted by Crippen LogP contribution is -2.28. The van der Waals surface area contributed by atoms with Crippen LogP contribution in [0, 0.1) is 0 Å². The van der Waals surface area contributed by atoms with E-state index in [1.54, 1.807) is 18.5 Å². The number of nitrogens with one attached hydrogen (secondary N) is 1. The van der Waals surface area contributed by atoms with Gasteiger partial charge in [0, 0.05) is 12.7 Å². The Morgan fingerprint density at radius 1 is 1.60 bits per heavy atom. The molecule has 4 heteroatoms. The molecule has 0 spiro atoms. The highest BCUT2D eigenvalue weighted by atomic mass is 16.1. The van der Waals surface area contributed by atoms with E-state index in [0.29, 0.717) is 11.6 Å². The molecule has 1 fully saturated rings. The van der Waals surface area contributed by atoms with Gasteiger partial charge in [-0.15, -0.1) is 0 Å². The Balaban J connectivity index is 2.28. The third kappa shape index (κ3) is 2.29. The van der Waals surface area contributed by atoms with E-state index in [1.165, 1.54) is 0 Å². The van der Waals surface area contributed by atoms with Crippen LogP contribution >= 0.6 is 0 Å². The predicted octanol–water partition coefficient (Wildman–Crippen LogP) is 1.52. The average Bonchev–Trinajstić information content (AvgIpc) is 2.31. The molecular weight excluding hydrogens is 190 g/mol. The molecule has 1 atom stereocenters. The fourth-order valence-corrected chi connectivity index (χ4v) is 2.00. The summed E-state index contributed by atoms with van der Waals surface area (Å²) in [5, 5.41) is 3.34. The molecule has 0 saturated carbocycles. The number of aromatic nitrogens is 1. The molecule has 1 aromatic heterocycles. The Labute approximate surface area is 88.4 Å². The van der Waals surface area contributed by atoms with Gasteiger partial charge in [-0.3, -0.25) is 4.98 Å². The zero-order valence-electron chi connectivity index (χ0n) is 8.44. The molecule has 1 aliphatic heterocycles. The number of pyridine rings is 1. The molecule has 2 rings (SSSR count). The highest BCUT2D eigenvalue weighted by molar-refractivity contribution is 5.53. The number of rotatable bonds is 2. The van der Waals surface area contributed by atoms with E-state index in [4.69, 9.17) is 0 Å². The standard InChI is InChI=1S/C11H13N3O/c15-8-14-11-7-13-5-3-10(11)9-2-1-4-12-6-9/h3,5,7,9,12H,1-2,4,6H2. The van der Waals surface area contributed by atoms with Crippen LogP contribution in [0.3, 0.4) is 0 Å². The summed E-state index contributed by atoms with van der Waals surface area (Å²) in [4.78, 5) is 17.9. The van der Waals surface area contributed by atoms with Gasteiger partial charge in [-0.05, 0) is 36.9 Å². The van der Waals surface area contributed by atoms with E-state index in [1.807, 2.05) is 6.07 Å². The topological polar surface area (TPSA) is 54.4 Å². The fourth-order valence-electron chi connectivity index (χ4n) is 2.00. The van der Waals surface area contributed by atoms with Gasteiger partial charge >= 0.3 is 0 Å². The second-order valence-electron chi connectivity index (χ2n) is 3.68. The molecule has 15 heavy (non-hydrogen) atoms. The highest BCUT2D eigenvalue weighted by Crippen LogP contribution is 2.29. The summed E-state index contributed by atoms with van der Waals surface area (Å²) in [6, 6.07) is 1.94. The Morgan fingerprint density at radius 2 is 2.53 bits per heavy atom. The zero-order valence-corrected chi connectivity index (χ0v) is 8.44. The van der Waals surface area contributed by atoms with Crippen LogP contribution in [-0.2, 0) is 4.79 Å². The van der Waals surface area contributed by atoms with Crippen molar-refractivity contribution in [2.24, 2.45) is 4.99 Å². The first-order chi connectivity index (χ1) is 7.42. The van der Waals surface area contributed by atoms with Gasteiger partial charge in [-0.1, -0.05) is 0 Å². The normalized spacial score (nSPS) is 20.7. The van der Waals surface area contributed by atoms with Crippen LogP contribution in [-0.4, -0.2) is 24.2 Å². The maximum atomic E-state index is 10.3. The van der Waals surface area contributed by atoms with Crippen LogP contribution in [0.25, 0.3) is 0 Å². The van der Waals surface area contributed by atoms with Crippen LogP contribution in [0.1, 0.15) is 24.3 Å². The molecule has 1 N–H and O–H groups in total. The largest absolute Gasteiger partial charge is 0.316 e. The summed E-state index contributed by atoms with van der Waals surface area (Å²) < 4.78 is 0. The lowest BCUT2D eigenvalue weighted by atomic mass is 9.91. The quantitative estimate of drug-likeness (QED) is 0.585. The minimum Gasteiger partial charge on any atom is -0.316 e. The second kappa shape index (κ2) is 4.82. The molecule has 0 amide bonds. The maximum Gasteiger partial charge on any atom is 0.240 e. The highest BCUT2D eigenvalue weighted by Gasteiger charge is 2.17. The average molecular weight is 203 g/mol. The van der Waals surface area contributed by atoms with Gasteiger partial charge in [-0.25, -0.2) is 4.79 Å². The first-order valence-corrected chi connectivity index (χ1v) is 5.14. The maximum absolute atomic E-state index is 10.3. The Hall–Kier alpha value is -1.51. The lowest BCUT2D eigenvalue weighted by Gasteiger charge is -2.23. The van der Waals surface area contributed by atoms with Crippen molar-refractivity contribution >= 4 is 11.8 Å². The number of carbonyl (C=O) groups excluding carboxylic acids is 1. The summed E-state index contributed by atoms with van der Waals surface area (Å²) in [5.41, 5.74) is 1.75. The van der Waals surface area contributed by atoms with Crippen molar-refractivity contribution in [3.8, 4) is 0 Å². The van der Waals surface area contributed by atoms with Gasteiger partial charge < -0.3 is 5.32 Å². The molecule has 1 unspecified atom stereocenters. The minimum atomic E-state index is 0.439. The number of isocyanates is 1. The molecule has 0 aliphatic carbocycles. The molecule has 0 radical (unpaired) electrons. The second-order valence-corrected chi connectivity index (χ2v) is 3.68. The molecule has 1 aromatic rings. The molecule has 4 nitrogen and oxygen atoms in total. The van der Waals surface area contributed by atoms with Crippen molar-refractivity contribution in [3.63, 3.8) is 0 Å². The summed E-state index contributed by atoms with van der Waals surface area (Å²) in [6.45, 7) is 2.03. The molecule has 1 aliphatic rings. The van der Waals surface area contributed by atoms with Crippen molar-refractivity contribution in [3.05, 3.63) is 24.0 Å². The number of piperidine rings is 1. The van der Waals surface area contributed by atoms with Crippen molar-refractivity contribution < 1.29 is 4.79 Å². The van der Waals surface area contributed by atoms with Crippen LogP contribution in [0.4, 0.5) is 5.69 Å². The third-order valence-electron chi connectivity index (χ3n) is 2.74. The predicted molar refractivity (Wildman–Crippen MR) is 56.9 cm³/mol. The Morgan fingerprint density at radius 3 is 3.27 bits per heavy atom. The van der Waals surface area contributed by atoms with Gasteiger partial charge in [0.25, 0.3) is 0 Å². The first-order valence-electron chi connectivity index (χ1n) is 5.14. The van der Waals surface area contributed by atoms with E-state index in [2.05, 4.69) is 15.3 Å². The number of aliphatic imine (C=N–C) groups is 1. The Bertz CT molecular complexity index is 379. The number of hydrogen-bond acceptors (Lipinski definition) is 4. The van der Waals surface area contributed by atoms with E-state index in [-0.39, 0.29) is 0 Å². The van der Waals surface area contributed by atoms with Crippen LogP contribution in [0.2, 0.25) is 0 Å². The molecule has 0 bridgehead atoms. The minimum absolute atomic E-state index is 0.439. The van der Waals surface area contributed by atoms with Crippen molar-refractivity contribution in [1.29, 1.82) is 0 Å². The van der Waals surface area contributed by atoms with Crippen molar-refractivity contribution in [2.45, 2.75) is 18.8 Å². The lowest BCUT2D eigenvalue weighted by molar-refractivity contribution is 0.462. The zero-order chi connectivity index (χ0) is 10.5. The molecule has 2 heterocycles.